The average Bonchev–Trinajstić information content (AvgIpc) is 2.85. The Labute approximate surface area is 124 Å². The van der Waals surface area contributed by atoms with Crippen LogP contribution >= 0.6 is 0 Å². The van der Waals surface area contributed by atoms with Crippen LogP contribution in [0.1, 0.15) is 52.9 Å². The van der Waals surface area contributed by atoms with Crippen molar-refractivity contribution in [3.63, 3.8) is 0 Å². The molecule has 0 saturated heterocycles. The van der Waals surface area contributed by atoms with Crippen LogP contribution in [0.2, 0.25) is 0 Å². The Bertz CT molecular complexity index is 307. The van der Waals surface area contributed by atoms with Crippen LogP contribution in [0.3, 0.4) is 0 Å². The predicted molar refractivity (Wildman–Crippen MR) is 82.8 cm³/mol. The van der Waals surface area contributed by atoms with Gasteiger partial charge in [-0.15, -0.1) is 0 Å². The summed E-state index contributed by atoms with van der Waals surface area (Å²) in [6, 6.07) is 0.549. The highest BCUT2D eigenvalue weighted by molar-refractivity contribution is 5.81. The van der Waals surface area contributed by atoms with Gasteiger partial charge in [-0.3, -0.25) is 4.79 Å². The third kappa shape index (κ3) is 3.95. The summed E-state index contributed by atoms with van der Waals surface area (Å²) in [5.41, 5.74) is -0.442. The van der Waals surface area contributed by atoms with E-state index in [0.717, 1.165) is 45.2 Å². The highest BCUT2D eigenvalue weighted by Gasteiger charge is 2.49. The highest BCUT2D eigenvalue weighted by atomic mass is 16.5. The molecule has 1 saturated carbocycles. The molecule has 0 amide bonds. The van der Waals surface area contributed by atoms with Crippen LogP contribution < -0.4 is 5.32 Å². The molecule has 1 aliphatic rings. The quantitative estimate of drug-likeness (QED) is 0.695. The fraction of sp³-hybridized carbons (Fsp3) is 0.938. The van der Waals surface area contributed by atoms with E-state index in [2.05, 4.69) is 38.0 Å². The normalized spacial score (nSPS) is 26.4. The molecule has 2 atom stereocenters. The first kappa shape index (κ1) is 17.4. The molecule has 0 aromatic carbocycles. The first-order valence-corrected chi connectivity index (χ1v) is 8.01. The van der Waals surface area contributed by atoms with Gasteiger partial charge in [-0.2, -0.15) is 0 Å². The van der Waals surface area contributed by atoms with E-state index in [0.29, 0.717) is 12.0 Å². The second-order valence-electron chi connectivity index (χ2n) is 6.34. The summed E-state index contributed by atoms with van der Waals surface area (Å²) in [5, 5.41) is 3.51. The number of ether oxygens (including phenoxy) is 1. The molecule has 0 bridgehead atoms. The maximum Gasteiger partial charge on any atom is 0.326 e. The summed E-state index contributed by atoms with van der Waals surface area (Å²) in [6.07, 6.45) is 5.24. The molecule has 4 heteroatoms. The summed E-state index contributed by atoms with van der Waals surface area (Å²) in [4.78, 5) is 14.7. The Morgan fingerprint density at radius 1 is 1.50 bits per heavy atom. The van der Waals surface area contributed by atoms with Gasteiger partial charge >= 0.3 is 5.97 Å². The van der Waals surface area contributed by atoms with Crippen LogP contribution in [0.25, 0.3) is 0 Å². The number of methoxy groups -OCH3 is 1. The van der Waals surface area contributed by atoms with E-state index in [4.69, 9.17) is 4.74 Å². The lowest BCUT2D eigenvalue weighted by atomic mass is 9.84. The molecule has 1 rings (SSSR count). The SMILES string of the molecule is CCCNC1(C(=O)OC)CCCC1CCN(C)C(C)C. The van der Waals surface area contributed by atoms with Gasteiger partial charge in [0.1, 0.15) is 5.54 Å². The van der Waals surface area contributed by atoms with Gasteiger partial charge in [-0.1, -0.05) is 13.3 Å². The molecular weight excluding hydrogens is 252 g/mol. The molecule has 1 aliphatic carbocycles. The molecule has 0 aliphatic heterocycles. The molecular formula is C16H32N2O2. The van der Waals surface area contributed by atoms with E-state index >= 15 is 0 Å². The van der Waals surface area contributed by atoms with Gasteiger partial charge in [0.2, 0.25) is 0 Å². The van der Waals surface area contributed by atoms with Crippen LogP contribution in [0, 0.1) is 5.92 Å². The maximum atomic E-state index is 12.3. The Morgan fingerprint density at radius 2 is 2.20 bits per heavy atom. The molecule has 0 aromatic heterocycles. The number of rotatable bonds is 8. The van der Waals surface area contributed by atoms with Crippen molar-refractivity contribution in [2.24, 2.45) is 5.92 Å². The third-order valence-corrected chi connectivity index (χ3v) is 4.77. The van der Waals surface area contributed by atoms with Crippen LogP contribution in [0.5, 0.6) is 0 Å². The Hall–Kier alpha value is -0.610. The Kier molecular flexibility index (Phi) is 6.96. The van der Waals surface area contributed by atoms with Gasteiger partial charge < -0.3 is 15.0 Å². The lowest BCUT2D eigenvalue weighted by Gasteiger charge is -2.35. The van der Waals surface area contributed by atoms with Gasteiger partial charge in [0.25, 0.3) is 0 Å². The Balaban J connectivity index is 2.72. The van der Waals surface area contributed by atoms with E-state index in [1.165, 1.54) is 7.11 Å². The molecule has 1 N–H and O–H groups in total. The van der Waals surface area contributed by atoms with Crippen molar-refractivity contribution in [3.8, 4) is 0 Å². The number of hydrogen-bond donors (Lipinski definition) is 1. The lowest BCUT2D eigenvalue weighted by Crippen LogP contribution is -2.56. The van der Waals surface area contributed by atoms with Crippen LogP contribution in [0.4, 0.5) is 0 Å². The monoisotopic (exact) mass is 284 g/mol. The zero-order valence-electron chi connectivity index (χ0n) is 13.9. The number of esters is 1. The first-order chi connectivity index (χ1) is 9.47. The second kappa shape index (κ2) is 7.99. The predicted octanol–water partition coefficient (Wildman–Crippen LogP) is 2.43. The number of nitrogens with zero attached hydrogens (tertiary/aromatic N) is 1. The van der Waals surface area contributed by atoms with Gasteiger partial charge in [0.05, 0.1) is 7.11 Å². The third-order valence-electron chi connectivity index (χ3n) is 4.77. The average molecular weight is 284 g/mol. The van der Waals surface area contributed by atoms with Gasteiger partial charge in [-0.05, 0) is 65.6 Å². The smallest absolute Gasteiger partial charge is 0.326 e. The molecule has 0 radical (unpaired) electrons. The fourth-order valence-corrected chi connectivity index (χ4v) is 3.19. The van der Waals surface area contributed by atoms with Crippen molar-refractivity contribution in [2.75, 3.05) is 27.2 Å². The largest absolute Gasteiger partial charge is 0.468 e. The topological polar surface area (TPSA) is 41.6 Å². The minimum Gasteiger partial charge on any atom is -0.468 e. The lowest BCUT2D eigenvalue weighted by molar-refractivity contribution is -0.150. The number of carbonyl (C=O) groups excluding carboxylic acids is 1. The van der Waals surface area contributed by atoms with Crippen molar-refractivity contribution in [2.45, 2.75) is 64.5 Å². The molecule has 0 heterocycles. The summed E-state index contributed by atoms with van der Waals surface area (Å²) in [5.74, 6) is 0.323. The zero-order chi connectivity index (χ0) is 15.2. The van der Waals surface area contributed by atoms with E-state index in [-0.39, 0.29) is 5.97 Å². The van der Waals surface area contributed by atoms with E-state index in [1.807, 2.05) is 0 Å². The molecule has 118 valence electrons. The first-order valence-electron chi connectivity index (χ1n) is 8.01. The molecule has 1 fully saturated rings. The maximum absolute atomic E-state index is 12.3. The van der Waals surface area contributed by atoms with Crippen molar-refractivity contribution < 1.29 is 9.53 Å². The van der Waals surface area contributed by atoms with Gasteiger partial charge in [-0.25, -0.2) is 0 Å². The summed E-state index contributed by atoms with van der Waals surface area (Å²) < 4.78 is 5.10. The highest BCUT2D eigenvalue weighted by Crippen LogP contribution is 2.39. The standard InChI is InChI=1S/C16H32N2O2/c1-6-11-17-16(15(19)20-5)10-7-8-14(16)9-12-18(4)13(2)3/h13-14,17H,6-12H2,1-5H3. The van der Waals surface area contributed by atoms with Gasteiger partial charge in [0, 0.05) is 6.04 Å². The molecule has 0 aromatic rings. The number of nitrogens with one attached hydrogen (secondary N) is 1. The van der Waals surface area contributed by atoms with Crippen LogP contribution in [-0.2, 0) is 9.53 Å². The number of hydrogen-bond acceptors (Lipinski definition) is 4. The molecule has 4 nitrogen and oxygen atoms in total. The van der Waals surface area contributed by atoms with Crippen molar-refractivity contribution in [1.29, 1.82) is 0 Å². The van der Waals surface area contributed by atoms with Crippen LogP contribution in [0.15, 0.2) is 0 Å². The van der Waals surface area contributed by atoms with E-state index in [1.54, 1.807) is 0 Å². The molecule has 2 unspecified atom stereocenters. The summed E-state index contributed by atoms with van der Waals surface area (Å²) in [6.45, 7) is 8.46. The minimum atomic E-state index is -0.442. The zero-order valence-corrected chi connectivity index (χ0v) is 13.9. The minimum absolute atomic E-state index is 0.0688. The fourth-order valence-electron chi connectivity index (χ4n) is 3.19. The van der Waals surface area contributed by atoms with Crippen molar-refractivity contribution in [3.05, 3.63) is 0 Å². The summed E-state index contributed by atoms with van der Waals surface area (Å²) >= 11 is 0. The Morgan fingerprint density at radius 3 is 2.75 bits per heavy atom. The molecule has 20 heavy (non-hydrogen) atoms. The summed E-state index contributed by atoms with van der Waals surface area (Å²) in [7, 11) is 3.66. The van der Waals surface area contributed by atoms with E-state index < -0.39 is 5.54 Å². The number of carbonyl (C=O) groups is 1. The van der Waals surface area contributed by atoms with E-state index in [9.17, 15) is 4.79 Å². The molecule has 0 spiro atoms. The van der Waals surface area contributed by atoms with Crippen molar-refractivity contribution in [1.82, 2.24) is 10.2 Å². The second-order valence-corrected chi connectivity index (χ2v) is 6.34. The van der Waals surface area contributed by atoms with Crippen LogP contribution in [-0.4, -0.2) is 49.7 Å². The van der Waals surface area contributed by atoms with Crippen molar-refractivity contribution >= 4 is 5.97 Å². The van der Waals surface area contributed by atoms with Gasteiger partial charge in [0.15, 0.2) is 0 Å².